The molecule has 2 rings (SSSR count). The third-order valence-corrected chi connectivity index (χ3v) is 6.68. The predicted molar refractivity (Wildman–Crippen MR) is 86.8 cm³/mol. The Kier molecular flexibility index (Phi) is 6.18. The van der Waals surface area contributed by atoms with Crippen molar-refractivity contribution in [3.63, 3.8) is 0 Å². The number of hydrogen-bond donors (Lipinski definition) is 1. The van der Waals surface area contributed by atoms with E-state index in [1.807, 2.05) is 18.2 Å². The van der Waals surface area contributed by atoms with Crippen molar-refractivity contribution in [2.24, 2.45) is 0 Å². The van der Waals surface area contributed by atoms with Gasteiger partial charge in [0.05, 0.1) is 13.2 Å². The summed E-state index contributed by atoms with van der Waals surface area (Å²) in [6, 6.07) is 10.2. The molecule has 6 heteroatoms. The molecule has 1 aromatic rings. The molecule has 1 aliphatic rings. The lowest BCUT2D eigenvalue weighted by atomic mass is 10.1. The molecule has 1 heterocycles. The van der Waals surface area contributed by atoms with E-state index in [9.17, 15) is 9.67 Å². The fourth-order valence-corrected chi connectivity index (χ4v) is 4.78. The van der Waals surface area contributed by atoms with Gasteiger partial charge < -0.3 is 14.2 Å². The molecule has 0 unspecified atom stereocenters. The third kappa shape index (κ3) is 3.98. The standard InChI is InChI=1S/C16H26NO4P/c1-3-20-22(19,21-4-2)16(18)10-12-17(13-11-16)14-15-8-6-5-7-9-15/h5-9,18H,3-4,10-14H2,1-2H3. The zero-order valence-corrected chi connectivity index (χ0v) is 14.3. The summed E-state index contributed by atoms with van der Waals surface area (Å²) >= 11 is 0. The number of benzene rings is 1. The first-order chi connectivity index (χ1) is 10.5. The minimum absolute atomic E-state index is 0.271. The van der Waals surface area contributed by atoms with Gasteiger partial charge in [0.25, 0.3) is 0 Å². The molecule has 0 radical (unpaired) electrons. The van der Waals surface area contributed by atoms with Crippen LogP contribution in [-0.4, -0.2) is 41.7 Å². The Morgan fingerprint density at radius 3 is 2.18 bits per heavy atom. The molecule has 0 spiro atoms. The summed E-state index contributed by atoms with van der Waals surface area (Å²) in [4.78, 5) is 2.26. The number of hydrogen-bond acceptors (Lipinski definition) is 5. The van der Waals surface area contributed by atoms with E-state index in [4.69, 9.17) is 9.05 Å². The van der Waals surface area contributed by atoms with Gasteiger partial charge in [0.15, 0.2) is 5.34 Å². The topological polar surface area (TPSA) is 59.0 Å². The van der Waals surface area contributed by atoms with E-state index in [1.165, 1.54) is 5.56 Å². The van der Waals surface area contributed by atoms with Crippen LogP contribution in [0.25, 0.3) is 0 Å². The van der Waals surface area contributed by atoms with E-state index >= 15 is 0 Å². The Morgan fingerprint density at radius 2 is 1.68 bits per heavy atom. The number of piperidine rings is 1. The molecular formula is C16H26NO4P. The van der Waals surface area contributed by atoms with Crippen LogP contribution in [0.5, 0.6) is 0 Å². The summed E-state index contributed by atoms with van der Waals surface area (Å²) < 4.78 is 23.5. The van der Waals surface area contributed by atoms with Crippen molar-refractivity contribution in [1.82, 2.24) is 4.90 Å². The van der Waals surface area contributed by atoms with Gasteiger partial charge in [-0.05, 0) is 19.4 Å². The smallest absolute Gasteiger partial charge is 0.361 e. The molecule has 0 bridgehead atoms. The van der Waals surface area contributed by atoms with Crippen molar-refractivity contribution >= 4 is 7.60 Å². The number of aliphatic hydroxyl groups is 1. The van der Waals surface area contributed by atoms with Crippen LogP contribution in [0.15, 0.2) is 30.3 Å². The number of likely N-dealkylation sites (tertiary alicyclic amines) is 1. The van der Waals surface area contributed by atoms with Crippen molar-refractivity contribution < 1.29 is 18.7 Å². The summed E-state index contributed by atoms with van der Waals surface area (Å²) in [5.41, 5.74) is 1.24. The van der Waals surface area contributed by atoms with Gasteiger partial charge in [0.1, 0.15) is 0 Å². The van der Waals surface area contributed by atoms with Crippen LogP contribution in [0.2, 0.25) is 0 Å². The van der Waals surface area contributed by atoms with E-state index in [2.05, 4.69) is 17.0 Å². The van der Waals surface area contributed by atoms with Crippen molar-refractivity contribution in [3.05, 3.63) is 35.9 Å². The van der Waals surface area contributed by atoms with Crippen LogP contribution in [-0.2, 0) is 20.2 Å². The predicted octanol–water partition coefficient (Wildman–Crippen LogP) is 3.24. The number of rotatable bonds is 7. The molecule has 5 nitrogen and oxygen atoms in total. The lowest BCUT2D eigenvalue weighted by Crippen LogP contribution is -2.44. The number of nitrogens with zero attached hydrogens (tertiary/aromatic N) is 1. The van der Waals surface area contributed by atoms with Crippen LogP contribution in [0.3, 0.4) is 0 Å². The Hall–Kier alpha value is -0.710. The summed E-state index contributed by atoms with van der Waals surface area (Å²) in [5.74, 6) is 0. The van der Waals surface area contributed by atoms with Crippen LogP contribution >= 0.6 is 7.60 Å². The summed E-state index contributed by atoms with van der Waals surface area (Å²) in [7, 11) is -3.49. The minimum Gasteiger partial charge on any atom is -0.377 e. The largest absolute Gasteiger partial charge is 0.377 e. The van der Waals surface area contributed by atoms with Crippen molar-refractivity contribution in [2.75, 3.05) is 26.3 Å². The first-order valence-electron chi connectivity index (χ1n) is 7.91. The third-order valence-electron chi connectivity index (χ3n) is 4.01. The van der Waals surface area contributed by atoms with Crippen LogP contribution in [0.4, 0.5) is 0 Å². The average Bonchev–Trinajstić information content (AvgIpc) is 2.51. The molecule has 0 saturated carbocycles. The zero-order valence-electron chi connectivity index (χ0n) is 13.4. The van der Waals surface area contributed by atoms with Gasteiger partial charge in [-0.1, -0.05) is 30.3 Å². The Bertz CT molecular complexity index is 490. The molecule has 1 N–H and O–H groups in total. The fraction of sp³-hybridized carbons (Fsp3) is 0.625. The molecule has 124 valence electrons. The van der Waals surface area contributed by atoms with Gasteiger partial charge in [-0.25, -0.2) is 0 Å². The van der Waals surface area contributed by atoms with E-state index in [-0.39, 0.29) is 13.2 Å². The average molecular weight is 327 g/mol. The molecule has 0 atom stereocenters. The van der Waals surface area contributed by atoms with Gasteiger partial charge in [0, 0.05) is 32.5 Å². The molecular weight excluding hydrogens is 301 g/mol. The van der Waals surface area contributed by atoms with Crippen LogP contribution in [0, 0.1) is 0 Å². The van der Waals surface area contributed by atoms with E-state index < -0.39 is 12.9 Å². The van der Waals surface area contributed by atoms with Gasteiger partial charge in [-0.15, -0.1) is 0 Å². The highest BCUT2D eigenvalue weighted by molar-refractivity contribution is 7.55. The quantitative estimate of drug-likeness (QED) is 0.779. The molecule has 22 heavy (non-hydrogen) atoms. The maximum atomic E-state index is 12.8. The summed E-state index contributed by atoms with van der Waals surface area (Å²) in [6.07, 6.45) is 0.800. The Balaban J connectivity index is 1.98. The second-order valence-corrected chi connectivity index (χ2v) is 7.92. The molecule has 1 fully saturated rings. The summed E-state index contributed by atoms with van der Waals surface area (Å²) in [5, 5.41) is 9.43. The fourth-order valence-electron chi connectivity index (χ4n) is 2.80. The highest BCUT2D eigenvalue weighted by Crippen LogP contribution is 2.62. The second-order valence-electron chi connectivity index (χ2n) is 5.58. The molecule has 1 aliphatic heterocycles. The normalized spacial score (nSPS) is 19.2. The van der Waals surface area contributed by atoms with Crippen LogP contribution < -0.4 is 0 Å². The molecule has 1 saturated heterocycles. The Morgan fingerprint density at radius 1 is 1.14 bits per heavy atom. The molecule has 0 aliphatic carbocycles. The van der Waals surface area contributed by atoms with Crippen LogP contribution in [0.1, 0.15) is 32.3 Å². The SMILES string of the molecule is CCOP(=O)(OCC)C1(O)CCN(Cc2ccccc2)CC1. The maximum Gasteiger partial charge on any atom is 0.361 e. The molecule has 0 amide bonds. The minimum atomic E-state index is -3.49. The highest BCUT2D eigenvalue weighted by Gasteiger charge is 2.51. The Labute approximate surface area is 132 Å². The monoisotopic (exact) mass is 327 g/mol. The van der Waals surface area contributed by atoms with Gasteiger partial charge in [0.2, 0.25) is 0 Å². The molecule has 0 aromatic heterocycles. The van der Waals surface area contributed by atoms with Crippen molar-refractivity contribution in [2.45, 2.75) is 38.6 Å². The molecule has 1 aromatic carbocycles. The zero-order chi connectivity index (χ0) is 16.1. The second kappa shape index (κ2) is 7.71. The van der Waals surface area contributed by atoms with Gasteiger partial charge in [-0.3, -0.25) is 9.46 Å². The lowest BCUT2D eigenvalue weighted by Gasteiger charge is -2.41. The van der Waals surface area contributed by atoms with E-state index in [1.54, 1.807) is 13.8 Å². The first kappa shape index (κ1) is 17.6. The van der Waals surface area contributed by atoms with E-state index in [0.717, 1.165) is 6.54 Å². The lowest BCUT2D eigenvalue weighted by molar-refractivity contribution is 0.0106. The highest BCUT2D eigenvalue weighted by atomic mass is 31.2. The van der Waals surface area contributed by atoms with Gasteiger partial charge >= 0.3 is 7.60 Å². The van der Waals surface area contributed by atoms with Gasteiger partial charge in [-0.2, -0.15) is 0 Å². The van der Waals surface area contributed by atoms with E-state index in [0.29, 0.717) is 25.9 Å². The van der Waals surface area contributed by atoms with Crippen molar-refractivity contribution in [1.29, 1.82) is 0 Å². The summed E-state index contributed by atoms with van der Waals surface area (Å²) in [6.45, 7) is 6.26. The van der Waals surface area contributed by atoms with Crippen molar-refractivity contribution in [3.8, 4) is 0 Å². The maximum absolute atomic E-state index is 12.8. The first-order valence-corrected chi connectivity index (χ1v) is 9.45.